The predicted octanol–water partition coefficient (Wildman–Crippen LogP) is 6.36. The number of para-hydroxylation sites is 2. The maximum Gasteiger partial charge on any atom is 0.257 e. The number of amides is 2. The van der Waals surface area contributed by atoms with E-state index in [1.165, 1.54) is 11.1 Å². The second-order valence-corrected chi connectivity index (χ2v) is 10.8. The van der Waals surface area contributed by atoms with Gasteiger partial charge < -0.3 is 20.1 Å². The van der Waals surface area contributed by atoms with Crippen molar-refractivity contribution in [3.63, 3.8) is 0 Å². The van der Waals surface area contributed by atoms with Crippen molar-refractivity contribution in [1.29, 1.82) is 0 Å². The van der Waals surface area contributed by atoms with Gasteiger partial charge >= 0.3 is 0 Å². The third-order valence-corrected chi connectivity index (χ3v) is 7.97. The lowest BCUT2D eigenvalue weighted by atomic mass is 9.98. The minimum atomic E-state index is -0.330. The van der Waals surface area contributed by atoms with Gasteiger partial charge in [0.15, 0.2) is 11.5 Å². The van der Waals surface area contributed by atoms with Gasteiger partial charge in [0.2, 0.25) is 0 Å². The number of benzene rings is 4. The van der Waals surface area contributed by atoms with Gasteiger partial charge in [0.05, 0.1) is 36.6 Å². The number of carbonyl (C=O) groups is 2. The number of methoxy groups -OCH3 is 2. The summed E-state index contributed by atoms with van der Waals surface area (Å²) in [7, 11) is 3.33. The average molecular weight is 587 g/mol. The molecule has 222 valence electrons. The fraction of sp³-hybridized carbons (Fsp3) is 0.194. The normalized spacial score (nSPS) is 12.8. The van der Waals surface area contributed by atoms with Gasteiger partial charge in [-0.05, 0) is 78.1 Å². The molecule has 2 N–H and O–H groups in total. The van der Waals surface area contributed by atoms with E-state index in [0.29, 0.717) is 22.5 Å². The summed E-state index contributed by atoms with van der Waals surface area (Å²) in [5.41, 5.74) is 6.43. The van der Waals surface area contributed by atoms with Crippen molar-refractivity contribution in [2.45, 2.75) is 19.4 Å². The van der Waals surface area contributed by atoms with Gasteiger partial charge in [0.25, 0.3) is 11.8 Å². The van der Waals surface area contributed by atoms with Gasteiger partial charge in [-0.2, -0.15) is 0 Å². The smallest absolute Gasteiger partial charge is 0.257 e. The largest absolute Gasteiger partial charge is 0.493 e. The Kier molecular flexibility index (Phi) is 8.52. The number of rotatable bonds is 9. The predicted molar refractivity (Wildman–Crippen MR) is 173 cm³/mol. The topological polar surface area (TPSA) is 92.8 Å². The number of ether oxygens (including phenoxy) is 2. The van der Waals surface area contributed by atoms with Crippen LogP contribution >= 0.6 is 0 Å². The highest BCUT2D eigenvalue weighted by atomic mass is 16.5. The van der Waals surface area contributed by atoms with Crippen LogP contribution in [0.25, 0.3) is 10.9 Å². The first-order valence-corrected chi connectivity index (χ1v) is 14.6. The van der Waals surface area contributed by atoms with Crippen LogP contribution in [0.2, 0.25) is 0 Å². The zero-order valence-electron chi connectivity index (χ0n) is 24.8. The van der Waals surface area contributed by atoms with Crippen LogP contribution in [0, 0.1) is 0 Å². The fourth-order valence-electron chi connectivity index (χ4n) is 5.60. The zero-order chi connectivity index (χ0) is 30.5. The van der Waals surface area contributed by atoms with E-state index in [2.05, 4.69) is 38.7 Å². The molecule has 6 rings (SSSR count). The number of hydrogen-bond donors (Lipinski definition) is 2. The average Bonchev–Trinajstić information content (AvgIpc) is 3.06. The highest BCUT2D eigenvalue weighted by molar-refractivity contribution is 6.13. The molecule has 0 unspecified atom stereocenters. The molecule has 8 heteroatoms. The van der Waals surface area contributed by atoms with Crippen molar-refractivity contribution in [2.75, 3.05) is 37.9 Å². The lowest BCUT2D eigenvalue weighted by Gasteiger charge is -2.29. The Morgan fingerprint density at radius 1 is 0.818 bits per heavy atom. The van der Waals surface area contributed by atoms with Gasteiger partial charge in [-0.25, -0.2) is 0 Å². The molecule has 5 aromatic rings. The molecule has 8 nitrogen and oxygen atoms in total. The number of nitrogens with zero attached hydrogens (tertiary/aromatic N) is 2. The Hall–Kier alpha value is -5.21. The van der Waals surface area contributed by atoms with Crippen LogP contribution in [0.15, 0.2) is 97.2 Å². The van der Waals surface area contributed by atoms with E-state index < -0.39 is 0 Å². The molecule has 0 saturated carbocycles. The van der Waals surface area contributed by atoms with Gasteiger partial charge in [-0.3, -0.25) is 19.5 Å². The molecule has 44 heavy (non-hydrogen) atoms. The quantitative estimate of drug-likeness (QED) is 0.209. The van der Waals surface area contributed by atoms with E-state index in [9.17, 15) is 9.59 Å². The lowest BCUT2D eigenvalue weighted by Crippen LogP contribution is -2.32. The van der Waals surface area contributed by atoms with E-state index in [-0.39, 0.29) is 11.8 Å². The summed E-state index contributed by atoms with van der Waals surface area (Å²) in [6.45, 7) is 2.71. The van der Waals surface area contributed by atoms with E-state index in [0.717, 1.165) is 60.4 Å². The molecule has 1 aliphatic heterocycles. The lowest BCUT2D eigenvalue weighted by molar-refractivity contribution is 0.102. The van der Waals surface area contributed by atoms with Gasteiger partial charge in [0, 0.05) is 36.9 Å². The van der Waals surface area contributed by atoms with Crippen molar-refractivity contribution >= 4 is 34.1 Å². The van der Waals surface area contributed by atoms with Crippen molar-refractivity contribution < 1.29 is 19.1 Å². The second-order valence-electron chi connectivity index (χ2n) is 10.8. The first-order chi connectivity index (χ1) is 21.5. The van der Waals surface area contributed by atoms with Crippen LogP contribution in [0.1, 0.15) is 37.4 Å². The second kappa shape index (κ2) is 13.0. The summed E-state index contributed by atoms with van der Waals surface area (Å²) in [5, 5.41) is 6.77. The minimum Gasteiger partial charge on any atom is -0.493 e. The monoisotopic (exact) mass is 586 g/mol. The molecular weight excluding hydrogens is 552 g/mol. The summed E-state index contributed by atoms with van der Waals surface area (Å²) in [6, 6.07) is 28.5. The maximum atomic E-state index is 13.4. The van der Waals surface area contributed by atoms with Crippen LogP contribution in [-0.4, -0.2) is 49.0 Å². The van der Waals surface area contributed by atoms with Crippen LogP contribution in [-0.2, 0) is 19.4 Å². The molecule has 4 aromatic carbocycles. The van der Waals surface area contributed by atoms with Crippen LogP contribution in [0.5, 0.6) is 11.5 Å². The summed E-state index contributed by atoms with van der Waals surface area (Å²) in [4.78, 5) is 33.2. The highest BCUT2D eigenvalue weighted by Gasteiger charge is 2.20. The zero-order valence-corrected chi connectivity index (χ0v) is 24.8. The molecule has 1 aromatic heterocycles. The molecule has 2 heterocycles. The Labute approximate surface area is 256 Å². The minimum absolute atomic E-state index is 0.299. The number of nitrogens with one attached hydrogen (secondary N) is 2. The van der Waals surface area contributed by atoms with Crippen molar-refractivity contribution in [3.05, 3.63) is 125 Å². The van der Waals surface area contributed by atoms with Gasteiger partial charge in [0.1, 0.15) is 0 Å². The van der Waals surface area contributed by atoms with E-state index in [4.69, 9.17) is 9.47 Å². The van der Waals surface area contributed by atoms with Crippen molar-refractivity contribution in [3.8, 4) is 11.5 Å². The molecule has 0 bridgehead atoms. The molecular formula is C36H34N4O4. The molecule has 1 aliphatic rings. The number of fused-ring (bicyclic) bond motifs is 2. The van der Waals surface area contributed by atoms with E-state index in [1.807, 2.05) is 42.5 Å². The Morgan fingerprint density at radius 2 is 1.59 bits per heavy atom. The highest BCUT2D eigenvalue weighted by Crippen LogP contribution is 2.33. The Balaban J connectivity index is 1.09. The Morgan fingerprint density at radius 3 is 2.43 bits per heavy atom. The first kappa shape index (κ1) is 28.9. The summed E-state index contributed by atoms with van der Waals surface area (Å²) < 4.78 is 11.0. The van der Waals surface area contributed by atoms with Crippen molar-refractivity contribution in [2.24, 2.45) is 0 Å². The Bertz CT molecular complexity index is 1840. The third-order valence-electron chi connectivity index (χ3n) is 7.97. The number of aromatic nitrogens is 1. The molecule has 0 aliphatic carbocycles. The van der Waals surface area contributed by atoms with Crippen LogP contribution < -0.4 is 20.1 Å². The summed E-state index contributed by atoms with van der Waals surface area (Å²) in [5.74, 6) is 0.893. The molecule has 0 atom stereocenters. The molecule has 0 spiro atoms. The molecule has 0 saturated heterocycles. The molecule has 2 amide bonds. The van der Waals surface area contributed by atoms with E-state index in [1.54, 1.807) is 50.7 Å². The fourth-order valence-corrected chi connectivity index (χ4v) is 5.60. The number of pyridine rings is 1. The first-order valence-electron chi connectivity index (χ1n) is 14.6. The summed E-state index contributed by atoms with van der Waals surface area (Å²) >= 11 is 0. The standard InChI is InChI=1S/C36H34N4O4/c1-43-33-20-25-15-17-40(23-28(25)21-34(33)44-2)16-14-24-8-7-10-29(18-24)38-36(42)30-11-4-6-13-32(30)39-35(41)27-19-26-9-3-5-12-31(26)37-22-27/h3-13,18-22H,14-17,23H2,1-2H3,(H,38,42)(H,39,41). The maximum absolute atomic E-state index is 13.4. The van der Waals surface area contributed by atoms with Gasteiger partial charge in [-0.1, -0.05) is 42.5 Å². The van der Waals surface area contributed by atoms with E-state index >= 15 is 0 Å². The third kappa shape index (κ3) is 6.40. The van der Waals surface area contributed by atoms with Crippen LogP contribution in [0.4, 0.5) is 11.4 Å². The van der Waals surface area contributed by atoms with Crippen molar-refractivity contribution in [1.82, 2.24) is 9.88 Å². The molecule has 0 fully saturated rings. The number of anilines is 2. The van der Waals surface area contributed by atoms with Crippen LogP contribution in [0.3, 0.4) is 0 Å². The number of hydrogen-bond acceptors (Lipinski definition) is 6. The summed E-state index contributed by atoms with van der Waals surface area (Å²) in [6.07, 6.45) is 3.35. The molecule has 0 radical (unpaired) electrons. The number of carbonyl (C=O) groups excluding carboxylic acids is 2. The SMILES string of the molecule is COc1cc2c(cc1OC)CN(CCc1cccc(NC(=O)c3ccccc3NC(=O)c3cnc4ccccc4c3)c1)CC2. The van der Waals surface area contributed by atoms with Gasteiger partial charge in [-0.15, -0.1) is 0 Å².